The molecule has 1 aliphatic rings. The van der Waals surface area contributed by atoms with Crippen molar-refractivity contribution in [1.29, 1.82) is 0 Å². The second kappa shape index (κ2) is 6.35. The lowest BCUT2D eigenvalue weighted by molar-refractivity contribution is -0.145. The molecule has 2 atom stereocenters. The predicted octanol–water partition coefficient (Wildman–Crippen LogP) is 2.37. The predicted molar refractivity (Wildman–Crippen MR) is 78.6 cm³/mol. The van der Waals surface area contributed by atoms with Crippen LogP contribution in [0.3, 0.4) is 0 Å². The molecule has 0 bridgehead atoms. The van der Waals surface area contributed by atoms with Crippen molar-refractivity contribution in [2.75, 3.05) is 20.7 Å². The number of carbonyl (C=O) groups excluding carboxylic acids is 2. The zero-order valence-electron chi connectivity index (χ0n) is 12.3. The molecule has 0 aromatic heterocycles. The van der Waals surface area contributed by atoms with Crippen LogP contribution in [0.4, 0.5) is 0 Å². The monoisotopic (exact) mass is 311 g/mol. The van der Waals surface area contributed by atoms with Gasteiger partial charge >= 0.3 is 5.97 Å². The fourth-order valence-corrected chi connectivity index (χ4v) is 2.21. The van der Waals surface area contributed by atoms with E-state index in [1.807, 2.05) is 0 Å². The van der Waals surface area contributed by atoms with Crippen molar-refractivity contribution < 1.29 is 19.1 Å². The molecule has 1 fully saturated rings. The Balaban J connectivity index is 1.99. The van der Waals surface area contributed by atoms with E-state index in [1.165, 1.54) is 4.90 Å². The number of esters is 1. The maximum atomic E-state index is 11.9. The summed E-state index contributed by atoms with van der Waals surface area (Å²) in [5.74, 6) is -0.0470. The van der Waals surface area contributed by atoms with Crippen LogP contribution in [0.15, 0.2) is 18.2 Å². The molecule has 2 rings (SSSR count). The number of amides is 1. The van der Waals surface area contributed by atoms with Gasteiger partial charge in [0.1, 0.15) is 11.9 Å². The molecule has 1 aromatic rings. The second-order valence-electron chi connectivity index (χ2n) is 5.09. The van der Waals surface area contributed by atoms with Gasteiger partial charge in [0, 0.05) is 20.5 Å². The fraction of sp³-hybridized carbons (Fsp3) is 0.467. The van der Waals surface area contributed by atoms with Crippen LogP contribution in [0.25, 0.3) is 0 Å². The van der Waals surface area contributed by atoms with Gasteiger partial charge in [0.05, 0.1) is 23.1 Å². The molecular weight excluding hydrogens is 294 g/mol. The highest BCUT2D eigenvalue weighted by Gasteiger charge is 2.46. The third kappa shape index (κ3) is 3.67. The number of carbonyl (C=O) groups is 2. The van der Waals surface area contributed by atoms with Gasteiger partial charge in [0.2, 0.25) is 0 Å². The molecule has 1 aromatic carbocycles. The first-order valence-electron chi connectivity index (χ1n) is 6.78. The van der Waals surface area contributed by atoms with E-state index in [-0.39, 0.29) is 23.9 Å². The first kappa shape index (κ1) is 15.6. The lowest BCUT2D eigenvalue weighted by Gasteiger charge is -2.13. The maximum absolute atomic E-state index is 11.9. The van der Waals surface area contributed by atoms with Gasteiger partial charge in [-0.15, -0.1) is 0 Å². The molecule has 0 spiro atoms. The Kier molecular flexibility index (Phi) is 4.73. The number of hydrogen-bond donors (Lipinski definition) is 0. The summed E-state index contributed by atoms with van der Waals surface area (Å²) < 4.78 is 10.6. The zero-order valence-corrected chi connectivity index (χ0v) is 13.0. The van der Waals surface area contributed by atoms with Crippen LogP contribution in [-0.4, -0.2) is 43.6 Å². The molecule has 1 amide bonds. The Morgan fingerprint density at radius 2 is 2.10 bits per heavy atom. The van der Waals surface area contributed by atoms with E-state index in [4.69, 9.17) is 21.1 Å². The van der Waals surface area contributed by atoms with E-state index >= 15 is 0 Å². The van der Waals surface area contributed by atoms with Crippen LogP contribution in [-0.2, 0) is 9.53 Å². The largest absolute Gasteiger partial charge is 0.489 e. The Labute approximate surface area is 128 Å². The lowest BCUT2D eigenvalue weighted by Crippen LogP contribution is -2.22. The zero-order chi connectivity index (χ0) is 15.6. The molecule has 1 aliphatic carbocycles. The smallest absolute Gasteiger partial charge is 0.312 e. The Hall–Kier alpha value is -1.75. The van der Waals surface area contributed by atoms with Gasteiger partial charge in [-0.1, -0.05) is 11.6 Å². The van der Waals surface area contributed by atoms with Gasteiger partial charge in [0.15, 0.2) is 0 Å². The maximum Gasteiger partial charge on any atom is 0.312 e. The second-order valence-corrected chi connectivity index (χ2v) is 5.50. The summed E-state index contributed by atoms with van der Waals surface area (Å²) in [4.78, 5) is 24.8. The summed E-state index contributed by atoms with van der Waals surface area (Å²) in [6.07, 6.45) is 0.477. The van der Waals surface area contributed by atoms with Gasteiger partial charge in [-0.3, -0.25) is 9.59 Å². The average Bonchev–Trinajstić information content (AvgIpc) is 3.17. The number of ether oxygens (including phenoxy) is 2. The highest BCUT2D eigenvalue weighted by molar-refractivity contribution is 6.34. The molecule has 0 aliphatic heterocycles. The van der Waals surface area contributed by atoms with Gasteiger partial charge in [-0.05, 0) is 25.1 Å². The average molecular weight is 312 g/mol. The third-order valence-corrected chi connectivity index (χ3v) is 3.50. The van der Waals surface area contributed by atoms with Crippen molar-refractivity contribution in [2.24, 2.45) is 5.92 Å². The minimum Gasteiger partial charge on any atom is -0.489 e. The summed E-state index contributed by atoms with van der Waals surface area (Å²) in [7, 11) is 3.33. The highest BCUT2D eigenvalue weighted by atomic mass is 35.5. The first-order chi connectivity index (χ1) is 9.93. The number of nitrogens with zero attached hydrogens (tertiary/aromatic N) is 1. The van der Waals surface area contributed by atoms with E-state index in [0.29, 0.717) is 29.4 Å². The minimum absolute atomic E-state index is 0.164. The molecular formula is C15H18ClNO4. The van der Waals surface area contributed by atoms with Crippen LogP contribution in [0.1, 0.15) is 23.7 Å². The van der Waals surface area contributed by atoms with Gasteiger partial charge < -0.3 is 14.4 Å². The van der Waals surface area contributed by atoms with Gasteiger partial charge in [-0.25, -0.2) is 0 Å². The minimum atomic E-state index is -0.229. The van der Waals surface area contributed by atoms with Gasteiger partial charge in [0.25, 0.3) is 5.91 Å². The molecule has 1 saturated carbocycles. The normalized spacial score (nSPS) is 19.8. The standard InChI is InChI=1S/C15H18ClNO4/c1-4-20-15(19)11-8-13(11)21-9-5-6-10(12(16)7-9)14(18)17(2)3/h5-7,11,13H,4,8H2,1-3H3/t11-,13-/m1/s1. The molecule has 0 unspecified atom stereocenters. The number of hydrogen-bond acceptors (Lipinski definition) is 4. The van der Waals surface area contributed by atoms with Crippen molar-refractivity contribution in [3.63, 3.8) is 0 Å². The number of rotatable bonds is 5. The van der Waals surface area contributed by atoms with E-state index in [2.05, 4.69) is 0 Å². The topological polar surface area (TPSA) is 55.8 Å². The van der Waals surface area contributed by atoms with Crippen LogP contribution in [0, 0.1) is 5.92 Å². The fourth-order valence-electron chi connectivity index (χ4n) is 1.96. The Morgan fingerprint density at radius 1 is 1.38 bits per heavy atom. The Bertz CT molecular complexity index is 559. The molecule has 0 saturated heterocycles. The number of benzene rings is 1. The molecule has 114 valence electrons. The number of halogens is 1. The van der Waals surface area contributed by atoms with Crippen molar-refractivity contribution >= 4 is 23.5 Å². The van der Waals surface area contributed by atoms with Crippen LogP contribution in [0.2, 0.25) is 5.02 Å². The summed E-state index contributed by atoms with van der Waals surface area (Å²) in [5, 5.41) is 0.333. The van der Waals surface area contributed by atoms with E-state index in [1.54, 1.807) is 39.2 Å². The summed E-state index contributed by atoms with van der Waals surface area (Å²) >= 11 is 6.10. The van der Waals surface area contributed by atoms with Crippen LogP contribution < -0.4 is 4.74 Å². The van der Waals surface area contributed by atoms with E-state index in [9.17, 15) is 9.59 Å². The third-order valence-electron chi connectivity index (χ3n) is 3.19. The molecule has 0 heterocycles. The summed E-state index contributed by atoms with van der Waals surface area (Å²) in [5.41, 5.74) is 0.423. The van der Waals surface area contributed by atoms with Crippen LogP contribution >= 0.6 is 11.6 Å². The molecule has 21 heavy (non-hydrogen) atoms. The molecule has 6 heteroatoms. The van der Waals surface area contributed by atoms with E-state index in [0.717, 1.165) is 0 Å². The van der Waals surface area contributed by atoms with Crippen molar-refractivity contribution in [1.82, 2.24) is 4.90 Å². The van der Waals surface area contributed by atoms with E-state index < -0.39 is 0 Å². The summed E-state index contributed by atoms with van der Waals surface area (Å²) in [6.45, 7) is 2.14. The summed E-state index contributed by atoms with van der Waals surface area (Å²) in [6, 6.07) is 4.91. The van der Waals surface area contributed by atoms with Crippen molar-refractivity contribution in [3.8, 4) is 5.75 Å². The van der Waals surface area contributed by atoms with Crippen molar-refractivity contribution in [2.45, 2.75) is 19.4 Å². The molecule has 5 nitrogen and oxygen atoms in total. The molecule has 0 N–H and O–H groups in total. The quantitative estimate of drug-likeness (QED) is 0.783. The highest BCUT2D eigenvalue weighted by Crippen LogP contribution is 2.36. The van der Waals surface area contributed by atoms with Gasteiger partial charge in [-0.2, -0.15) is 0 Å². The first-order valence-corrected chi connectivity index (χ1v) is 7.16. The Morgan fingerprint density at radius 3 is 2.67 bits per heavy atom. The lowest BCUT2D eigenvalue weighted by atomic mass is 10.2. The van der Waals surface area contributed by atoms with Crippen molar-refractivity contribution in [3.05, 3.63) is 28.8 Å². The molecule has 0 radical (unpaired) electrons. The SMILES string of the molecule is CCOC(=O)[C@@H]1C[C@H]1Oc1ccc(C(=O)N(C)C)c(Cl)c1. The van der Waals surface area contributed by atoms with Crippen LogP contribution in [0.5, 0.6) is 5.75 Å².